The molecule has 23 heavy (non-hydrogen) atoms. The predicted octanol–water partition coefficient (Wildman–Crippen LogP) is 4.84. The molecule has 4 rings (SSSR count). The standard InChI is InChI=1S/C17H19ClN4S/c1-17(2,3)14-9-22-16(20-14)23-15(21-22)19-13-8-7-10-11(13)5-4-6-12(10)18/h4-6,9,13H,7-8H2,1-3H3,(H,19,21). The first-order valence-corrected chi connectivity index (χ1v) is 9.02. The van der Waals surface area contributed by atoms with Crippen molar-refractivity contribution >= 4 is 33.0 Å². The molecule has 1 unspecified atom stereocenters. The Hall–Kier alpha value is -1.59. The summed E-state index contributed by atoms with van der Waals surface area (Å²) in [5.74, 6) is 0. The smallest absolute Gasteiger partial charge is 0.214 e. The molecule has 1 aromatic carbocycles. The lowest BCUT2D eigenvalue weighted by Gasteiger charge is -2.14. The van der Waals surface area contributed by atoms with E-state index in [4.69, 9.17) is 16.6 Å². The van der Waals surface area contributed by atoms with Crippen molar-refractivity contribution in [2.45, 2.75) is 45.1 Å². The molecule has 1 aliphatic rings. The molecule has 0 amide bonds. The van der Waals surface area contributed by atoms with Crippen LogP contribution in [0.2, 0.25) is 5.02 Å². The Kier molecular flexibility index (Phi) is 3.39. The molecular weight excluding hydrogens is 328 g/mol. The van der Waals surface area contributed by atoms with Gasteiger partial charge in [-0.05, 0) is 30.0 Å². The van der Waals surface area contributed by atoms with Gasteiger partial charge in [0.15, 0.2) is 0 Å². The van der Waals surface area contributed by atoms with Gasteiger partial charge in [0.1, 0.15) is 0 Å². The van der Waals surface area contributed by atoms with Gasteiger partial charge >= 0.3 is 0 Å². The van der Waals surface area contributed by atoms with Gasteiger partial charge in [0, 0.05) is 10.4 Å². The third kappa shape index (κ3) is 2.62. The van der Waals surface area contributed by atoms with Crippen LogP contribution >= 0.6 is 22.9 Å². The average molecular weight is 347 g/mol. The second kappa shape index (κ2) is 5.21. The number of benzene rings is 1. The molecule has 0 bridgehead atoms. The maximum atomic E-state index is 6.29. The van der Waals surface area contributed by atoms with Crippen molar-refractivity contribution in [2.75, 3.05) is 5.32 Å². The summed E-state index contributed by atoms with van der Waals surface area (Å²) in [6.07, 6.45) is 4.09. The van der Waals surface area contributed by atoms with Crippen molar-refractivity contribution in [3.63, 3.8) is 0 Å². The SMILES string of the molecule is CC(C)(C)c1cn2nc(NC3CCc4c(Cl)cccc43)sc2n1. The lowest BCUT2D eigenvalue weighted by Crippen LogP contribution is -2.11. The monoisotopic (exact) mass is 346 g/mol. The van der Waals surface area contributed by atoms with E-state index in [9.17, 15) is 0 Å². The van der Waals surface area contributed by atoms with E-state index in [1.807, 2.05) is 22.8 Å². The van der Waals surface area contributed by atoms with Crippen LogP contribution in [0.3, 0.4) is 0 Å². The van der Waals surface area contributed by atoms with E-state index in [1.54, 1.807) is 11.3 Å². The van der Waals surface area contributed by atoms with Crippen molar-refractivity contribution in [3.05, 3.63) is 46.2 Å². The number of hydrogen-bond donors (Lipinski definition) is 1. The minimum Gasteiger partial charge on any atom is -0.353 e. The molecule has 0 radical (unpaired) electrons. The van der Waals surface area contributed by atoms with E-state index in [1.165, 1.54) is 11.1 Å². The Morgan fingerprint density at radius 2 is 2.17 bits per heavy atom. The lowest BCUT2D eigenvalue weighted by molar-refractivity contribution is 0.572. The highest BCUT2D eigenvalue weighted by Crippen LogP contribution is 2.38. The largest absolute Gasteiger partial charge is 0.353 e. The number of nitrogens with zero attached hydrogens (tertiary/aromatic N) is 3. The number of nitrogens with one attached hydrogen (secondary N) is 1. The third-order valence-electron chi connectivity index (χ3n) is 4.32. The molecule has 2 heterocycles. The van der Waals surface area contributed by atoms with Crippen molar-refractivity contribution in [2.24, 2.45) is 0 Å². The molecule has 0 saturated carbocycles. The third-order valence-corrected chi connectivity index (χ3v) is 5.53. The topological polar surface area (TPSA) is 42.2 Å². The summed E-state index contributed by atoms with van der Waals surface area (Å²) in [6.45, 7) is 6.49. The summed E-state index contributed by atoms with van der Waals surface area (Å²) in [5, 5.41) is 9.96. The molecule has 1 atom stereocenters. The maximum Gasteiger partial charge on any atom is 0.214 e. The molecule has 0 aliphatic heterocycles. The average Bonchev–Trinajstić information content (AvgIpc) is 3.12. The number of anilines is 1. The first-order valence-electron chi connectivity index (χ1n) is 7.82. The fourth-order valence-electron chi connectivity index (χ4n) is 3.03. The summed E-state index contributed by atoms with van der Waals surface area (Å²) in [4.78, 5) is 5.63. The Morgan fingerprint density at radius 3 is 2.91 bits per heavy atom. The molecule has 120 valence electrons. The minimum atomic E-state index is 0.0438. The molecule has 1 N–H and O–H groups in total. The molecule has 3 aromatic rings. The van der Waals surface area contributed by atoms with Crippen LogP contribution in [0.1, 0.15) is 50.1 Å². The number of aromatic nitrogens is 3. The maximum absolute atomic E-state index is 6.29. The van der Waals surface area contributed by atoms with Crippen LogP contribution in [0.5, 0.6) is 0 Å². The van der Waals surface area contributed by atoms with Crippen molar-refractivity contribution in [1.82, 2.24) is 14.6 Å². The second-order valence-corrected chi connectivity index (χ2v) is 8.42. The molecule has 0 spiro atoms. The Balaban J connectivity index is 1.60. The van der Waals surface area contributed by atoms with E-state index in [-0.39, 0.29) is 11.5 Å². The van der Waals surface area contributed by atoms with E-state index in [0.29, 0.717) is 0 Å². The van der Waals surface area contributed by atoms with Gasteiger partial charge in [0.05, 0.1) is 17.9 Å². The number of rotatable bonds is 2. The van der Waals surface area contributed by atoms with Gasteiger partial charge in [0.2, 0.25) is 10.1 Å². The first kappa shape index (κ1) is 15.0. The van der Waals surface area contributed by atoms with E-state index >= 15 is 0 Å². The Labute approximate surface area is 144 Å². The van der Waals surface area contributed by atoms with Crippen LogP contribution in [0.15, 0.2) is 24.4 Å². The highest BCUT2D eigenvalue weighted by Gasteiger charge is 2.25. The fourth-order valence-corrected chi connectivity index (χ4v) is 4.14. The summed E-state index contributed by atoms with van der Waals surface area (Å²) in [7, 11) is 0. The molecule has 0 fully saturated rings. The molecule has 0 saturated heterocycles. The van der Waals surface area contributed by atoms with Crippen molar-refractivity contribution < 1.29 is 0 Å². The zero-order chi connectivity index (χ0) is 16.2. The van der Waals surface area contributed by atoms with Gasteiger partial charge in [-0.15, -0.1) is 5.10 Å². The van der Waals surface area contributed by atoms with E-state index in [2.05, 4.69) is 37.3 Å². The molecule has 2 aromatic heterocycles. The van der Waals surface area contributed by atoms with Crippen LogP contribution in [0.25, 0.3) is 4.96 Å². The molecular formula is C17H19ClN4S. The summed E-state index contributed by atoms with van der Waals surface area (Å²) in [6, 6.07) is 6.42. The normalized spacial score (nSPS) is 17.7. The minimum absolute atomic E-state index is 0.0438. The van der Waals surface area contributed by atoms with Gasteiger partial charge in [-0.2, -0.15) is 0 Å². The van der Waals surface area contributed by atoms with Crippen LogP contribution in [-0.4, -0.2) is 14.6 Å². The van der Waals surface area contributed by atoms with Gasteiger partial charge in [-0.1, -0.05) is 55.8 Å². The zero-order valence-electron chi connectivity index (χ0n) is 13.4. The van der Waals surface area contributed by atoms with Crippen LogP contribution in [-0.2, 0) is 11.8 Å². The number of fused-ring (bicyclic) bond motifs is 2. The van der Waals surface area contributed by atoms with Gasteiger partial charge < -0.3 is 5.32 Å². The number of halogens is 1. The Morgan fingerprint density at radius 1 is 1.35 bits per heavy atom. The van der Waals surface area contributed by atoms with Gasteiger partial charge in [-0.3, -0.25) is 0 Å². The predicted molar refractivity (Wildman–Crippen MR) is 95.7 cm³/mol. The van der Waals surface area contributed by atoms with E-state index in [0.717, 1.165) is 33.7 Å². The highest BCUT2D eigenvalue weighted by atomic mass is 35.5. The number of hydrogen-bond acceptors (Lipinski definition) is 4. The fraction of sp³-hybridized carbons (Fsp3) is 0.412. The second-order valence-electron chi connectivity index (χ2n) is 7.05. The summed E-state index contributed by atoms with van der Waals surface area (Å²) < 4.78 is 1.88. The molecule has 1 aliphatic carbocycles. The van der Waals surface area contributed by atoms with Gasteiger partial charge in [0.25, 0.3) is 0 Å². The highest BCUT2D eigenvalue weighted by molar-refractivity contribution is 7.20. The van der Waals surface area contributed by atoms with Gasteiger partial charge in [-0.25, -0.2) is 9.50 Å². The quantitative estimate of drug-likeness (QED) is 0.721. The Bertz CT molecular complexity index is 843. The van der Waals surface area contributed by atoms with Crippen LogP contribution < -0.4 is 5.32 Å². The molecule has 6 heteroatoms. The lowest BCUT2D eigenvalue weighted by atomic mass is 9.93. The van der Waals surface area contributed by atoms with Crippen molar-refractivity contribution in [3.8, 4) is 0 Å². The zero-order valence-corrected chi connectivity index (χ0v) is 15.0. The number of imidazole rings is 1. The summed E-state index contributed by atoms with van der Waals surface area (Å²) in [5.41, 5.74) is 3.67. The molecule has 4 nitrogen and oxygen atoms in total. The van der Waals surface area contributed by atoms with Crippen LogP contribution in [0, 0.1) is 0 Å². The first-order chi connectivity index (χ1) is 10.9. The summed E-state index contributed by atoms with van der Waals surface area (Å²) >= 11 is 7.89. The van der Waals surface area contributed by atoms with E-state index < -0.39 is 0 Å². The van der Waals surface area contributed by atoms with Crippen LogP contribution in [0.4, 0.5) is 5.13 Å². The van der Waals surface area contributed by atoms with Crippen molar-refractivity contribution in [1.29, 1.82) is 0 Å².